The summed E-state index contributed by atoms with van der Waals surface area (Å²) in [5.74, 6) is 0.807. The molecule has 1 aromatic carbocycles. The Morgan fingerprint density at radius 2 is 1.93 bits per heavy atom. The normalized spacial score (nSPS) is 12.2. The summed E-state index contributed by atoms with van der Waals surface area (Å²) in [5.41, 5.74) is 0.855. The van der Waals surface area contributed by atoms with E-state index in [4.69, 9.17) is 9.47 Å². The van der Waals surface area contributed by atoms with E-state index in [9.17, 15) is 4.79 Å². The van der Waals surface area contributed by atoms with Gasteiger partial charge in [0.05, 0.1) is 6.61 Å². The molecule has 0 spiro atoms. The van der Waals surface area contributed by atoms with Gasteiger partial charge in [-0.05, 0) is 31.5 Å². The molecule has 1 unspecified atom stereocenters. The second-order valence-electron chi connectivity index (χ2n) is 3.23. The molecule has 0 aliphatic heterocycles. The van der Waals surface area contributed by atoms with Crippen molar-refractivity contribution in [2.45, 2.75) is 20.0 Å². The fourth-order valence-electron chi connectivity index (χ4n) is 1.44. The Kier molecular flexibility index (Phi) is 4.31. The van der Waals surface area contributed by atoms with Crippen molar-refractivity contribution in [2.24, 2.45) is 0 Å². The van der Waals surface area contributed by atoms with Crippen LogP contribution in [0.5, 0.6) is 5.75 Å². The van der Waals surface area contributed by atoms with Crippen LogP contribution in [0.1, 0.15) is 25.5 Å². The summed E-state index contributed by atoms with van der Waals surface area (Å²) >= 11 is 0. The zero-order chi connectivity index (χ0) is 11.3. The molecular formula is C12H16O3. The number of methoxy groups -OCH3 is 1. The van der Waals surface area contributed by atoms with Gasteiger partial charge in [0.2, 0.25) is 0 Å². The number of ether oxygens (including phenoxy) is 2. The van der Waals surface area contributed by atoms with Crippen molar-refractivity contribution in [1.82, 2.24) is 0 Å². The number of ketones is 1. The van der Waals surface area contributed by atoms with Crippen LogP contribution in [-0.4, -0.2) is 19.5 Å². The Labute approximate surface area is 90.0 Å². The topological polar surface area (TPSA) is 35.5 Å². The zero-order valence-electron chi connectivity index (χ0n) is 9.32. The molecule has 0 aliphatic rings. The van der Waals surface area contributed by atoms with E-state index in [1.54, 1.807) is 0 Å². The number of hydrogen-bond donors (Lipinski definition) is 0. The lowest BCUT2D eigenvalue weighted by Crippen LogP contribution is -2.10. The van der Waals surface area contributed by atoms with Gasteiger partial charge in [0.25, 0.3) is 0 Å². The second-order valence-corrected chi connectivity index (χ2v) is 3.23. The molecule has 15 heavy (non-hydrogen) atoms. The molecule has 1 aromatic rings. The highest BCUT2D eigenvalue weighted by Gasteiger charge is 2.15. The third kappa shape index (κ3) is 3.06. The van der Waals surface area contributed by atoms with Crippen LogP contribution in [0.15, 0.2) is 24.3 Å². The van der Waals surface area contributed by atoms with Gasteiger partial charge in [0.1, 0.15) is 11.9 Å². The van der Waals surface area contributed by atoms with E-state index in [0.29, 0.717) is 6.61 Å². The molecule has 0 radical (unpaired) electrons. The summed E-state index contributed by atoms with van der Waals surface area (Å²) in [6.07, 6.45) is -0.472. The van der Waals surface area contributed by atoms with Crippen LogP contribution in [0.4, 0.5) is 0 Å². The summed E-state index contributed by atoms with van der Waals surface area (Å²) < 4.78 is 10.4. The van der Waals surface area contributed by atoms with Gasteiger partial charge in [-0.1, -0.05) is 12.1 Å². The minimum Gasteiger partial charge on any atom is -0.494 e. The highest BCUT2D eigenvalue weighted by atomic mass is 16.5. The summed E-state index contributed by atoms with van der Waals surface area (Å²) in [7, 11) is 1.53. The van der Waals surface area contributed by atoms with Crippen molar-refractivity contribution in [3.8, 4) is 5.75 Å². The average Bonchev–Trinajstić information content (AvgIpc) is 2.21. The Morgan fingerprint density at radius 1 is 1.33 bits per heavy atom. The van der Waals surface area contributed by atoms with Crippen molar-refractivity contribution >= 4 is 5.78 Å². The van der Waals surface area contributed by atoms with Crippen molar-refractivity contribution in [2.75, 3.05) is 13.7 Å². The van der Waals surface area contributed by atoms with Gasteiger partial charge >= 0.3 is 0 Å². The van der Waals surface area contributed by atoms with Gasteiger partial charge in [0.15, 0.2) is 5.78 Å². The smallest absolute Gasteiger partial charge is 0.163 e. The average molecular weight is 208 g/mol. The molecule has 0 N–H and O–H groups in total. The first kappa shape index (κ1) is 11.7. The maximum atomic E-state index is 11.2. The van der Waals surface area contributed by atoms with Crippen LogP contribution >= 0.6 is 0 Å². The Hall–Kier alpha value is -1.35. The van der Waals surface area contributed by atoms with Crippen LogP contribution in [0, 0.1) is 0 Å². The van der Waals surface area contributed by atoms with E-state index in [1.165, 1.54) is 14.0 Å². The van der Waals surface area contributed by atoms with Crippen LogP contribution in [0.2, 0.25) is 0 Å². The first-order valence-electron chi connectivity index (χ1n) is 4.95. The van der Waals surface area contributed by atoms with E-state index < -0.39 is 6.10 Å². The van der Waals surface area contributed by atoms with Crippen molar-refractivity contribution in [1.29, 1.82) is 0 Å². The molecule has 0 heterocycles. The lowest BCUT2D eigenvalue weighted by Gasteiger charge is -2.12. The third-order valence-corrected chi connectivity index (χ3v) is 2.10. The molecule has 3 nitrogen and oxygen atoms in total. The van der Waals surface area contributed by atoms with Crippen LogP contribution < -0.4 is 4.74 Å². The first-order chi connectivity index (χ1) is 7.19. The van der Waals surface area contributed by atoms with E-state index >= 15 is 0 Å². The van der Waals surface area contributed by atoms with Gasteiger partial charge in [-0.2, -0.15) is 0 Å². The minimum atomic E-state index is -0.472. The van der Waals surface area contributed by atoms with Crippen molar-refractivity contribution < 1.29 is 14.3 Å². The molecule has 0 bridgehead atoms. The Morgan fingerprint density at radius 3 is 2.33 bits per heavy atom. The highest BCUT2D eigenvalue weighted by Crippen LogP contribution is 2.20. The SMILES string of the molecule is CCOc1ccc(C(OC)C(C)=O)cc1. The molecule has 82 valence electrons. The summed E-state index contributed by atoms with van der Waals surface area (Å²) in [5, 5.41) is 0. The van der Waals surface area contributed by atoms with Crippen LogP contribution in [0.25, 0.3) is 0 Å². The first-order valence-corrected chi connectivity index (χ1v) is 4.95. The van der Waals surface area contributed by atoms with E-state index in [1.807, 2.05) is 31.2 Å². The third-order valence-electron chi connectivity index (χ3n) is 2.10. The predicted molar refractivity (Wildman–Crippen MR) is 58.0 cm³/mol. The molecule has 0 amide bonds. The molecule has 0 saturated heterocycles. The number of carbonyl (C=O) groups is 1. The maximum Gasteiger partial charge on any atom is 0.163 e. The van der Waals surface area contributed by atoms with E-state index in [-0.39, 0.29) is 5.78 Å². The molecular weight excluding hydrogens is 192 g/mol. The summed E-state index contributed by atoms with van der Waals surface area (Å²) in [6.45, 7) is 4.09. The lowest BCUT2D eigenvalue weighted by atomic mass is 10.1. The van der Waals surface area contributed by atoms with Gasteiger partial charge in [-0.15, -0.1) is 0 Å². The van der Waals surface area contributed by atoms with E-state index in [2.05, 4.69) is 0 Å². The number of benzene rings is 1. The molecule has 0 fully saturated rings. The maximum absolute atomic E-state index is 11.2. The number of carbonyl (C=O) groups excluding carboxylic acids is 1. The van der Waals surface area contributed by atoms with Gasteiger partial charge in [0, 0.05) is 7.11 Å². The molecule has 0 aromatic heterocycles. The Bertz CT molecular complexity index is 316. The number of rotatable bonds is 5. The Balaban J connectivity index is 2.82. The van der Waals surface area contributed by atoms with Gasteiger partial charge in [-0.25, -0.2) is 0 Å². The fourth-order valence-corrected chi connectivity index (χ4v) is 1.44. The molecule has 0 saturated carbocycles. The number of hydrogen-bond acceptors (Lipinski definition) is 3. The molecule has 1 atom stereocenters. The highest BCUT2D eigenvalue weighted by molar-refractivity contribution is 5.81. The minimum absolute atomic E-state index is 0.00154. The number of Topliss-reactive ketones (excluding diaryl/α,β-unsaturated/α-hetero) is 1. The molecule has 3 heteroatoms. The van der Waals surface area contributed by atoms with Crippen LogP contribution in [-0.2, 0) is 9.53 Å². The van der Waals surface area contributed by atoms with Crippen molar-refractivity contribution in [3.05, 3.63) is 29.8 Å². The second kappa shape index (κ2) is 5.51. The standard InChI is InChI=1S/C12H16O3/c1-4-15-11-7-5-10(6-8-11)12(14-3)9(2)13/h5-8,12H,4H2,1-3H3. The molecule has 1 rings (SSSR count). The monoisotopic (exact) mass is 208 g/mol. The predicted octanol–water partition coefficient (Wildman–Crippen LogP) is 2.36. The van der Waals surface area contributed by atoms with Gasteiger partial charge in [-0.3, -0.25) is 4.79 Å². The molecule has 0 aliphatic carbocycles. The lowest BCUT2D eigenvalue weighted by molar-refractivity contribution is -0.126. The van der Waals surface area contributed by atoms with E-state index in [0.717, 1.165) is 11.3 Å². The quantitative estimate of drug-likeness (QED) is 0.745. The summed E-state index contributed by atoms with van der Waals surface area (Å²) in [6, 6.07) is 7.38. The van der Waals surface area contributed by atoms with Crippen LogP contribution in [0.3, 0.4) is 0 Å². The zero-order valence-corrected chi connectivity index (χ0v) is 9.32. The van der Waals surface area contributed by atoms with Crippen molar-refractivity contribution in [3.63, 3.8) is 0 Å². The summed E-state index contributed by atoms with van der Waals surface area (Å²) in [4.78, 5) is 11.2. The van der Waals surface area contributed by atoms with Gasteiger partial charge < -0.3 is 9.47 Å². The largest absolute Gasteiger partial charge is 0.494 e. The fraction of sp³-hybridized carbons (Fsp3) is 0.417.